The molecule has 4 nitrogen and oxygen atoms in total. The molecule has 1 aliphatic heterocycles. The van der Waals surface area contributed by atoms with Crippen molar-refractivity contribution in [3.05, 3.63) is 0 Å². The Bertz CT molecular complexity index is 350. The average Bonchev–Trinajstić information content (AvgIpc) is 2.39. The molecule has 1 N–H and O–H groups in total. The molecule has 0 aromatic rings. The maximum Gasteiger partial charge on any atom is 0.326 e. The standard InChI is InChI=1S/C16H30N2O2/c1-5-20-14(19)16(18-10-8-17-9-11-18)7-6-15(3,4)12-13(16)2/h13,17H,5-12H2,1-4H3. The number of rotatable bonds is 3. The van der Waals surface area contributed by atoms with E-state index in [0.29, 0.717) is 17.9 Å². The number of carbonyl (C=O) groups is 1. The monoisotopic (exact) mass is 282 g/mol. The van der Waals surface area contributed by atoms with Crippen LogP contribution in [0.4, 0.5) is 0 Å². The van der Waals surface area contributed by atoms with Crippen molar-refractivity contribution < 1.29 is 9.53 Å². The number of ether oxygens (including phenoxy) is 1. The number of nitrogens with one attached hydrogen (secondary N) is 1. The van der Waals surface area contributed by atoms with E-state index in [1.807, 2.05) is 6.92 Å². The van der Waals surface area contributed by atoms with Gasteiger partial charge in [0, 0.05) is 26.2 Å². The Morgan fingerprint density at radius 3 is 2.50 bits per heavy atom. The van der Waals surface area contributed by atoms with E-state index in [9.17, 15) is 4.79 Å². The molecule has 0 bridgehead atoms. The summed E-state index contributed by atoms with van der Waals surface area (Å²) in [6.07, 6.45) is 3.12. The molecule has 0 radical (unpaired) electrons. The van der Waals surface area contributed by atoms with Gasteiger partial charge in [-0.1, -0.05) is 20.8 Å². The highest BCUT2D eigenvalue weighted by Crippen LogP contribution is 2.47. The van der Waals surface area contributed by atoms with Gasteiger partial charge in [-0.15, -0.1) is 0 Å². The maximum atomic E-state index is 12.8. The molecule has 1 heterocycles. The number of piperazine rings is 1. The zero-order chi connectivity index (χ0) is 14.8. The molecular formula is C16H30N2O2. The highest BCUT2D eigenvalue weighted by molar-refractivity contribution is 5.81. The summed E-state index contributed by atoms with van der Waals surface area (Å²) in [5, 5.41) is 3.38. The minimum atomic E-state index is -0.395. The van der Waals surface area contributed by atoms with Gasteiger partial charge in [-0.05, 0) is 37.5 Å². The third kappa shape index (κ3) is 2.86. The van der Waals surface area contributed by atoms with Crippen molar-refractivity contribution in [3.8, 4) is 0 Å². The van der Waals surface area contributed by atoms with Crippen molar-refractivity contribution in [2.45, 2.75) is 52.5 Å². The zero-order valence-electron chi connectivity index (χ0n) is 13.5. The molecule has 20 heavy (non-hydrogen) atoms. The number of hydrogen-bond donors (Lipinski definition) is 1. The molecule has 0 amide bonds. The first-order valence-electron chi connectivity index (χ1n) is 8.05. The van der Waals surface area contributed by atoms with E-state index in [0.717, 1.165) is 45.4 Å². The molecule has 0 spiro atoms. The second-order valence-electron chi connectivity index (χ2n) is 7.15. The number of hydrogen-bond acceptors (Lipinski definition) is 4. The van der Waals surface area contributed by atoms with Gasteiger partial charge in [0.15, 0.2) is 0 Å². The van der Waals surface area contributed by atoms with Crippen LogP contribution in [0.3, 0.4) is 0 Å². The number of carbonyl (C=O) groups excluding carboxylic acids is 1. The van der Waals surface area contributed by atoms with Crippen LogP contribution >= 0.6 is 0 Å². The summed E-state index contributed by atoms with van der Waals surface area (Å²) in [4.78, 5) is 15.1. The Morgan fingerprint density at radius 1 is 1.30 bits per heavy atom. The van der Waals surface area contributed by atoms with Crippen molar-refractivity contribution >= 4 is 5.97 Å². The molecule has 4 heteroatoms. The van der Waals surface area contributed by atoms with Crippen LogP contribution in [0, 0.1) is 11.3 Å². The summed E-state index contributed by atoms with van der Waals surface area (Å²) in [5.74, 6) is 0.355. The van der Waals surface area contributed by atoms with Crippen molar-refractivity contribution in [1.82, 2.24) is 10.2 Å². The Labute approximate surface area is 123 Å². The fraction of sp³-hybridized carbons (Fsp3) is 0.938. The van der Waals surface area contributed by atoms with Gasteiger partial charge < -0.3 is 10.1 Å². The molecule has 2 aliphatic rings. The van der Waals surface area contributed by atoms with E-state index >= 15 is 0 Å². The molecule has 0 aromatic heterocycles. The summed E-state index contributed by atoms with van der Waals surface area (Å²) < 4.78 is 5.48. The fourth-order valence-electron chi connectivity index (χ4n) is 4.10. The Balaban J connectivity index is 2.26. The van der Waals surface area contributed by atoms with Gasteiger partial charge in [0.05, 0.1) is 6.61 Å². The van der Waals surface area contributed by atoms with E-state index < -0.39 is 5.54 Å². The summed E-state index contributed by atoms with van der Waals surface area (Å²) in [5.41, 5.74) is -0.0585. The van der Waals surface area contributed by atoms with Crippen LogP contribution in [0.5, 0.6) is 0 Å². The predicted molar refractivity (Wildman–Crippen MR) is 80.6 cm³/mol. The van der Waals surface area contributed by atoms with Crippen molar-refractivity contribution in [3.63, 3.8) is 0 Å². The van der Waals surface area contributed by atoms with Crippen LogP contribution in [-0.4, -0.2) is 49.2 Å². The lowest BCUT2D eigenvalue weighted by Crippen LogP contribution is -2.65. The normalized spacial score (nSPS) is 34.7. The lowest BCUT2D eigenvalue weighted by molar-refractivity contribution is -0.168. The van der Waals surface area contributed by atoms with Crippen molar-refractivity contribution in [1.29, 1.82) is 0 Å². The lowest BCUT2D eigenvalue weighted by Gasteiger charge is -2.53. The van der Waals surface area contributed by atoms with E-state index in [1.165, 1.54) is 0 Å². The quantitative estimate of drug-likeness (QED) is 0.804. The number of esters is 1. The van der Waals surface area contributed by atoms with Gasteiger partial charge in [-0.3, -0.25) is 9.69 Å². The third-order valence-corrected chi connectivity index (χ3v) is 5.17. The largest absolute Gasteiger partial charge is 0.465 e. The van der Waals surface area contributed by atoms with Gasteiger partial charge >= 0.3 is 5.97 Å². The summed E-state index contributed by atoms with van der Waals surface area (Å²) in [7, 11) is 0. The van der Waals surface area contributed by atoms with Gasteiger partial charge in [0.25, 0.3) is 0 Å². The van der Waals surface area contributed by atoms with E-state index in [4.69, 9.17) is 4.74 Å². The first kappa shape index (κ1) is 15.8. The Hall–Kier alpha value is -0.610. The minimum absolute atomic E-state index is 0.00454. The van der Waals surface area contributed by atoms with Crippen LogP contribution in [0.2, 0.25) is 0 Å². The first-order chi connectivity index (χ1) is 9.42. The molecule has 2 atom stereocenters. The van der Waals surface area contributed by atoms with E-state index in [-0.39, 0.29) is 5.97 Å². The SMILES string of the molecule is CCOC(=O)C1(N2CCNCC2)CCC(C)(C)CC1C. The molecule has 2 unspecified atom stereocenters. The average molecular weight is 282 g/mol. The maximum absolute atomic E-state index is 12.8. The van der Waals surface area contributed by atoms with Crippen LogP contribution in [0.25, 0.3) is 0 Å². The van der Waals surface area contributed by atoms with Gasteiger partial charge in [0.1, 0.15) is 5.54 Å². The van der Waals surface area contributed by atoms with E-state index in [2.05, 4.69) is 31.0 Å². The highest BCUT2D eigenvalue weighted by atomic mass is 16.5. The Kier molecular flexibility index (Phi) is 4.75. The molecule has 1 saturated carbocycles. The Morgan fingerprint density at radius 2 is 1.95 bits per heavy atom. The van der Waals surface area contributed by atoms with Gasteiger partial charge in [0.2, 0.25) is 0 Å². The highest BCUT2D eigenvalue weighted by Gasteiger charge is 2.53. The van der Waals surface area contributed by atoms with Crippen molar-refractivity contribution in [2.75, 3.05) is 32.8 Å². The number of nitrogens with zero attached hydrogens (tertiary/aromatic N) is 1. The second-order valence-corrected chi connectivity index (χ2v) is 7.15. The predicted octanol–water partition coefficient (Wildman–Crippen LogP) is 2.04. The van der Waals surface area contributed by atoms with Crippen LogP contribution in [0.1, 0.15) is 47.0 Å². The second kappa shape index (κ2) is 6.02. The van der Waals surface area contributed by atoms with Gasteiger partial charge in [-0.2, -0.15) is 0 Å². The molecule has 116 valence electrons. The third-order valence-electron chi connectivity index (χ3n) is 5.17. The van der Waals surface area contributed by atoms with Crippen LogP contribution < -0.4 is 5.32 Å². The molecule has 2 rings (SSSR count). The molecular weight excluding hydrogens is 252 g/mol. The van der Waals surface area contributed by atoms with Crippen molar-refractivity contribution in [2.24, 2.45) is 11.3 Å². The smallest absolute Gasteiger partial charge is 0.326 e. The molecule has 0 aromatic carbocycles. The van der Waals surface area contributed by atoms with E-state index in [1.54, 1.807) is 0 Å². The first-order valence-corrected chi connectivity index (χ1v) is 8.05. The van der Waals surface area contributed by atoms with Gasteiger partial charge in [-0.25, -0.2) is 0 Å². The summed E-state index contributed by atoms with van der Waals surface area (Å²) >= 11 is 0. The topological polar surface area (TPSA) is 41.6 Å². The summed E-state index contributed by atoms with van der Waals surface area (Å²) in [6, 6.07) is 0. The van der Waals surface area contributed by atoms with Crippen LogP contribution in [0.15, 0.2) is 0 Å². The zero-order valence-corrected chi connectivity index (χ0v) is 13.5. The lowest BCUT2D eigenvalue weighted by atomic mass is 9.63. The molecule has 1 saturated heterocycles. The fourth-order valence-corrected chi connectivity index (χ4v) is 4.10. The molecule has 1 aliphatic carbocycles. The minimum Gasteiger partial charge on any atom is -0.465 e. The van der Waals surface area contributed by atoms with Crippen LogP contribution in [-0.2, 0) is 9.53 Å². The molecule has 2 fully saturated rings. The summed E-state index contributed by atoms with van der Waals surface area (Å²) in [6.45, 7) is 13.1.